The third kappa shape index (κ3) is 4.30. The molecule has 1 N–H and O–H groups in total. The van der Waals surface area contributed by atoms with Gasteiger partial charge in [-0.1, -0.05) is 18.6 Å². The molecule has 0 aromatic heterocycles. The summed E-state index contributed by atoms with van der Waals surface area (Å²) in [7, 11) is 1.46. The lowest BCUT2D eigenvalue weighted by Gasteiger charge is -2.40. The Bertz CT molecular complexity index is 385. The molecule has 4 heteroatoms. The Balaban J connectivity index is 1.99. The number of carbonyl (C=O) groups excluding carboxylic acids is 1. The third-order valence-corrected chi connectivity index (χ3v) is 5.22. The Labute approximate surface area is 128 Å². The SMILES string of the molecule is COC(=O)CC1(NCC2C(C)=CCCC2C)CCOCC1. The average molecular weight is 295 g/mol. The van der Waals surface area contributed by atoms with E-state index >= 15 is 0 Å². The largest absolute Gasteiger partial charge is 0.469 e. The van der Waals surface area contributed by atoms with Gasteiger partial charge in [-0.25, -0.2) is 0 Å². The van der Waals surface area contributed by atoms with Gasteiger partial charge in [-0.15, -0.1) is 0 Å². The lowest BCUT2D eigenvalue weighted by molar-refractivity contribution is -0.143. The second-order valence-corrected chi connectivity index (χ2v) is 6.64. The van der Waals surface area contributed by atoms with Crippen molar-refractivity contribution in [1.82, 2.24) is 5.32 Å². The number of hydrogen-bond acceptors (Lipinski definition) is 4. The van der Waals surface area contributed by atoms with Crippen LogP contribution >= 0.6 is 0 Å². The van der Waals surface area contributed by atoms with Gasteiger partial charge in [0.1, 0.15) is 0 Å². The Morgan fingerprint density at radius 1 is 1.48 bits per heavy atom. The Morgan fingerprint density at radius 2 is 2.19 bits per heavy atom. The van der Waals surface area contributed by atoms with Gasteiger partial charge in [0.15, 0.2) is 0 Å². The van der Waals surface area contributed by atoms with Crippen LogP contribution in [0.2, 0.25) is 0 Å². The molecule has 1 saturated heterocycles. The van der Waals surface area contributed by atoms with E-state index < -0.39 is 0 Å². The van der Waals surface area contributed by atoms with Gasteiger partial charge in [-0.2, -0.15) is 0 Å². The van der Waals surface area contributed by atoms with Crippen molar-refractivity contribution in [3.8, 4) is 0 Å². The number of rotatable bonds is 5. The van der Waals surface area contributed by atoms with Gasteiger partial charge in [0.05, 0.1) is 13.5 Å². The maximum atomic E-state index is 11.8. The maximum absolute atomic E-state index is 11.8. The molecule has 2 unspecified atom stereocenters. The van der Waals surface area contributed by atoms with Crippen molar-refractivity contribution < 1.29 is 14.3 Å². The van der Waals surface area contributed by atoms with E-state index in [0.717, 1.165) is 32.6 Å². The fourth-order valence-corrected chi connectivity index (χ4v) is 3.59. The highest BCUT2D eigenvalue weighted by Gasteiger charge is 2.36. The number of esters is 1. The van der Waals surface area contributed by atoms with Gasteiger partial charge in [0, 0.05) is 25.3 Å². The summed E-state index contributed by atoms with van der Waals surface area (Å²) < 4.78 is 10.4. The van der Waals surface area contributed by atoms with E-state index in [-0.39, 0.29) is 11.5 Å². The normalized spacial score (nSPS) is 28.8. The molecule has 2 rings (SSSR count). The van der Waals surface area contributed by atoms with Crippen molar-refractivity contribution in [3.63, 3.8) is 0 Å². The van der Waals surface area contributed by atoms with Gasteiger partial charge < -0.3 is 14.8 Å². The summed E-state index contributed by atoms with van der Waals surface area (Å²) >= 11 is 0. The van der Waals surface area contributed by atoms with Crippen LogP contribution in [0, 0.1) is 11.8 Å². The first-order chi connectivity index (χ1) is 10.1. The molecule has 0 saturated carbocycles. The van der Waals surface area contributed by atoms with E-state index in [9.17, 15) is 4.79 Å². The van der Waals surface area contributed by atoms with Crippen LogP contribution < -0.4 is 5.32 Å². The maximum Gasteiger partial charge on any atom is 0.307 e. The zero-order valence-electron chi connectivity index (χ0n) is 13.6. The van der Waals surface area contributed by atoms with E-state index in [2.05, 4.69) is 25.2 Å². The zero-order chi connectivity index (χ0) is 15.3. The smallest absolute Gasteiger partial charge is 0.307 e. The second kappa shape index (κ2) is 7.41. The van der Waals surface area contributed by atoms with E-state index in [1.807, 2.05) is 0 Å². The third-order valence-electron chi connectivity index (χ3n) is 5.22. The molecule has 0 aromatic rings. The Morgan fingerprint density at radius 3 is 2.81 bits per heavy atom. The molecular formula is C17H29NO3. The van der Waals surface area contributed by atoms with E-state index in [4.69, 9.17) is 9.47 Å². The van der Waals surface area contributed by atoms with E-state index in [1.54, 1.807) is 0 Å². The van der Waals surface area contributed by atoms with Crippen molar-refractivity contribution in [2.75, 3.05) is 26.9 Å². The van der Waals surface area contributed by atoms with Crippen molar-refractivity contribution in [2.45, 2.75) is 51.5 Å². The summed E-state index contributed by atoms with van der Waals surface area (Å²) in [6.45, 7) is 6.96. The van der Waals surface area contributed by atoms with E-state index in [0.29, 0.717) is 18.3 Å². The molecule has 1 heterocycles. The molecule has 0 amide bonds. The molecule has 2 aliphatic rings. The lowest BCUT2D eigenvalue weighted by atomic mass is 9.78. The number of carbonyl (C=O) groups is 1. The highest BCUT2D eigenvalue weighted by Crippen LogP contribution is 2.31. The summed E-state index contributed by atoms with van der Waals surface area (Å²) in [5.41, 5.74) is 1.34. The van der Waals surface area contributed by atoms with Crippen LogP contribution in [0.5, 0.6) is 0 Å². The standard InChI is InChI=1S/C17H29NO3/c1-13-5-4-6-14(2)15(13)12-18-17(11-16(19)20-3)7-9-21-10-8-17/h5,14-15,18H,4,6-12H2,1-3H3. The lowest BCUT2D eigenvalue weighted by Crippen LogP contribution is -2.53. The predicted molar refractivity (Wildman–Crippen MR) is 83.1 cm³/mol. The first kappa shape index (κ1) is 16.5. The summed E-state index contributed by atoms with van der Waals surface area (Å²) in [6.07, 6.45) is 7.03. The topological polar surface area (TPSA) is 47.6 Å². The van der Waals surface area contributed by atoms with Crippen LogP contribution in [0.1, 0.15) is 46.0 Å². The summed E-state index contributed by atoms with van der Waals surface area (Å²) in [5.74, 6) is 1.15. The molecule has 2 atom stereocenters. The van der Waals surface area contributed by atoms with Crippen molar-refractivity contribution >= 4 is 5.97 Å². The quantitative estimate of drug-likeness (QED) is 0.626. The van der Waals surface area contributed by atoms with Crippen LogP contribution in [0.15, 0.2) is 11.6 Å². The Kier molecular flexibility index (Phi) is 5.82. The van der Waals surface area contributed by atoms with Crippen LogP contribution in [0.25, 0.3) is 0 Å². The second-order valence-electron chi connectivity index (χ2n) is 6.64. The number of ether oxygens (including phenoxy) is 2. The monoisotopic (exact) mass is 295 g/mol. The molecule has 4 nitrogen and oxygen atoms in total. The van der Waals surface area contributed by atoms with Gasteiger partial charge in [-0.05, 0) is 44.4 Å². The first-order valence-electron chi connectivity index (χ1n) is 8.12. The molecule has 1 aliphatic heterocycles. The Hall–Kier alpha value is -0.870. The fourth-order valence-electron chi connectivity index (χ4n) is 3.59. The van der Waals surface area contributed by atoms with Crippen molar-refractivity contribution in [1.29, 1.82) is 0 Å². The fraction of sp³-hybridized carbons (Fsp3) is 0.824. The van der Waals surface area contributed by atoms with Crippen molar-refractivity contribution in [3.05, 3.63) is 11.6 Å². The van der Waals surface area contributed by atoms with Crippen LogP contribution in [-0.2, 0) is 14.3 Å². The van der Waals surface area contributed by atoms with E-state index in [1.165, 1.54) is 25.5 Å². The molecule has 0 aromatic carbocycles. The predicted octanol–water partition coefficient (Wildman–Crippen LogP) is 2.68. The van der Waals surface area contributed by atoms with Gasteiger partial charge in [-0.3, -0.25) is 4.79 Å². The minimum Gasteiger partial charge on any atom is -0.469 e. The molecule has 0 spiro atoms. The number of nitrogens with one attached hydrogen (secondary N) is 1. The summed E-state index contributed by atoms with van der Waals surface area (Å²) in [6, 6.07) is 0. The summed E-state index contributed by atoms with van der Waals surface area (Å²) in [5, 5.41) is 3.71. The molecule has 0 radical (unpaired) electrons. The molecule has 0 bridgehead atoms. The average Bonchev–Trinajstić information content (AvgIpc) is 2.47. The van der Waals surface area contributed by atoms with Crippen molar-refractivity contribution in [2.24, 2.45) is 11.8 Å². The van der Waals surface area contributed by atoms with Crippen LogP contribution in [0.4, 0.5) is 0 Å². The molecule has 120 valence electrons. The van der Waals surface area contributed by atoms with Crippen LogP contribution in [0.3, 0.4) is 0 Å². The van der Waals surface area contributed by atoms with Gasteiger partial charge >= 0.3 is 5.97 Å². The van der Waals surface area contributed by atoms with Crippen LogP contribution in [-0.4, -0.2) is 38.4 Å². The molecular weight excluding hydrogens is 266 g/mol. The first-order valence-corrected chi connectivity index (χ1v) is 8.12. The number of methoxy groups -OCH3 is 1. The summed E-state index contributed by atoms with van der Waals surface area (Å²) in [4.78, 5) is 11.8. The number of allylic oxidation sites excluding steroid dienone is 1. The van der Waals surface area contributed by atoms with Gasteiger partial charge in [0.2, 0.25) is 0 Å². The van der Waals surface area contributed by atoms with Gasteiger partial charge in [0.25, 0.3) is 0 Å². The molecule has 1 aliphatic carbocycles. The zero-order valence-corrected chi connectivity index (χ0v) is 13.6. The minimum absolute atomic E-state index is 0.131. The highest BCUT2D eigenvalue weighted by atomic mass is 16.5. The molecule has 21 heavy (non-hydrogen) atoms. The minimum atomic E-state index is -0.150. The highest BCUT2D eigenvalue weighted by molar-refractivity contribution is 5.70. The number of hydrogen-bond donors (Lipinski definition) is 1. The molecule has 1 fully saturated rings.